The number of ether oxygens (including phenoxy) is 2. The van der Waals surface area contributed by atoms with Gasteiger partial charge in [-0.05, 0) is 31.5 Å². The van der Waals surface area contributed by atoms with Gasteiger partial charge in [0.05, 0.1) is 18.0 Å². The van der Waals surface area contributed by atoms with E-state index in [0.29, 0.717) is 12.3 Å². The maximum Gasteiger partial charge on any atom is 0.416 e. The van der Waals surface area contributed by atoms with Gasteiger partial charge in [0.15, 0.2) is 6.10 Å². The van der Waals surface area contributed by atoms with E-state index in [-0.39, 0.29) is 30.5 Å². The van der Waals surface area contributed by atoms with Crippen LogP contribution < -0.4 is 5.73 Å². The van der Waals surface area contributed by atoms with E-state index in [1.165, 1.54) is 11.9 Å². The minimum absolute atomic E-state index is 0.0596. The lowest BCUT2D eigenvalue weighted by molar-refractivity contribution is -0.269. The summed E-state index contributed by atoms with van der Waals surface area (Å²) in [5.74, 6) is -1.62. The number of nitrogens with two attached hydrogens (primary N) is 1. The summed E-state index contributed by atoms with van der Waals surface area (Å²) in [6.45, 7) is 3.03. The molecule has 4 heterocycles. The molecule has 2 saturated heterocycles. The number of alkyl halides is 3. The zero-order valence-electron chi connectivity index (χ0n) is 17.0. The van der Waals surface area contributed by atoms with Crippen LogP contribution in [0.5, 0.6) is 0 Å². The first kappa shape index (κ1) is 22.1. The molecule has 0 aliphatic carbocycles. The normalized spacial score (nSPS) is 30.5. The number of aromatic nitrogens is 2. The molecule has 6 nitrogen and oxygen atoms in total. The Bertz CT molecular complexity index is 1030. The van der Waals surface area contributed by atoms with Crippen molar-refractivity contribution in [2.75, 3.05) is 6.61 Å². The van der Waals surface area contributed by atoms with Crippen LogP contribution in [-0.2, 0) is 22.6 Å². The van der Waals surface area contributed by atoms with Gasteiger partial charge < -0.3 is 15.2 Å². The quantitative estimate of drug-likeness (QED) is 0.539. The van der Waals surface area contributed by atoms with Crippen molar-refractivity contribution in [3.05, 3.63) is 52.3 Å². The predicted octanol–water partition coefficient (Wildman–Crippen LogP) is 3.43. The Morgan fingerprint density at radius 1 is 1.22 bits per heavy atom. The second kappa shape index (κ2) is 7.94. The van der Waals surface area contributed by atoms with Gasteiger partial charge in [-0.2, -0.15) is 18.3 Å². The lowest BCUT2D eigenvalue weighted by Gasteiger charge is -2.44. The second-order valence-corrected chi connectivity index (χ2v) is 9.39. The lowest BCUT2D eigenvalue weighted by Crippen LogP contribution is -2.58. The lowest BCUT2D eigenvalue weighted by atomic mass is 9.89. The molecule has 174 valence electrons. The minimum Gasteiger partial charge on any atom is -0.360 e. The highest BCUT2D eigenvalue weighted by atomic mass is 32.2. The molecule has 0 radical (unpaired) electrons. The van der Waals surface area contributed by atoms with Gasteiger partial charge in [-0.15, -0.1) is 0 Å². The van der Waals surface area contributed by atoms with Crippen molar-refractivity contribution in [1.29, 1.82) is 0 Å². The van der Waals surface area contributed by atoms with E-state index in [9.17, 15) is 22.0 Å². The van der Waals surface area contributed by atoms with Gasteiger partial charge in [-0.3, -0.25) is 4.90 Å². The van der Waals surface area contributed by atoms with Crippen molar-refractivity contribution in [1.82, 2.24) is 14.1 Å². The first-order valence-corrected chi connectivity index (χ1v) is 11.0. The molecule has 5 rings (SSSR count). The highest BCUT2D eigenvalue weighted by Gasteiger charge is 2.54. The van der Waals surface area contributed by atoms with Crippen molar-refractivity contribution < 1.29 is 31.4 Å². The molecule has 3 aliphatic rings. The maximum atomic E-state index is 14.2. The van der Waals surface area contributed by atoms with Gasteiger partial charge in [0.2, 0.25) is 0 Å². The van der Waals surface area contributed by atoms with Crippen molar-refractivity contribution >= 4 is 11.9 Å². The third-order valence-electron chi connectivity index (χ3n) is 6.12. The Balaban J connectivity index is 1.38. The number of benzene rings is 1. The van der Waals surface area contributed by atoms with E-state index in [1.54, 1.807) is 8.99 Å². The summed E-state index contributed by atoms with van der Waals surface area (Å²) in [7, 11) is 0. The van der Waals surface area contributed by atoms with Gasteiger partial charge in [-0.25, -0.2) is 12.9 Å². The smallest absolute Gasteiger partial charge is 0.360 e. The third kappa shape index (κ3) is 4.03. The van der Waals surface area contributed by atoms with Gasteiger partial charge in [0.25, 0.3) is 0 Å². The van der Waals surface area contributed by atoms with Crippen LogP contribution in [0.1, 0.15) is 35.0 Å². The summed E-state index contributed by atoms with van der Waals surface area (Å²) in [5.41, 5.74) is 8.36. The molecule has 0 bridgehead atoms. The first-order chi connectivity index (χ1) is 15.1. The zero-order chi connectivity index (χ0) is 22.8. The zero-order valence-corrected chi connectivity index (χ0v) is 17.8. The van der Waals surface area contributed by atoms with Crippen LogP contribution in [0.3, 0.4) is 0 Å². The third-order valence-corrected chi connectivity index (χ3v) is 7.18. The van der Waals surface area contributed by atoms with E-state index in [4.69, 9.17) is 15.2 Å². The summed E-state index contributed by atoms with van der Waals surface area (Å²) >= 11 is 1.44. The molecular weight excluding hydrogens is 455 g/mol. The molecule has 0 saturated carbocycles. The Hall–Kier alpha value is -1.73. The Labute approximate surface area is 185 Å². The Morgan fingerprint density at radius 3 is 2.62 bits per heavy atom. The maximum absolute atomic E-state index is 14.2. The van der Waals surface area contributed by atoms with E-state index >= 15 is 0 Å². The Kier molecular flexibility index (Phi) is 5.48. The van der Waals surface area contributed by atoms with Crippen LogP contribution in [0.15, 0.2) is 18.2 Å². The molecular formula is C20H21F5N4O2S. The van der Waals surface area contributed by atoms with Gasteiger partial charge >= 0.3 is 6.18 Å². The van der Waals surface area contributed by atoms with Crippen molar-refractivity contribution in [2.45, 2.75) is 62.3 Å². The number of hydrogen-bond donors (Lipinski definition) is 1. The van der Waals surface area contributed by atoms with Crippen LogP contribution >= 0.6 is 11.9 Å². The Morgan fingerprint density at radius 2 is 1.97 bits per heavy atom. The first-order valence-electron chi connectivity index (χ1n) is 10.1. The molecule has 5 atom stereocenters. The largest absolute Gasteiger partial charge is 0.416 e. The molecule has 1 aromatic heterocycles. The summed E-state index contributed by atoms with van der Waals surface area (Å²) in [4.78, 5) is 1.66. The predicted molar refractivity (Wildman–Crippen MR) is 105 cm³/mol. The van der Waals surface area contributed by atoms with Crippen LogP contribution in [-0.4, -0.2) is 50.5 Å². The molecule has 2 aromatic rings. The number of nitrogens with zero attached hydrogens (tertiary/aromatic N) is 3. The van der Waals surface area contributed by atoms with E-state index in [0.717, 1.165) is 29.5 Å². The van der Waals surface area contributed by atoms with Gasteiger partial charge in [0, 0.05) is 48.2 Å². The highest BCUT2D eigenvalue weighted by Crippen LogP contribution is 2.43. The SMILES string of the molecule is Cc1c2c(nn1SC1CO1)CN(C1CC(N)[C@@H](c3cc(F)ccc3F)OC1C(F)(F)F)C2. The van der Waals surface area contributed by atoms with Gasteiger partial charge in [-0.1, -0.05) is 0 Å². The molecule has 0 spiro atoms. The standard InChI is InChI=1S/C20H21F5N4O2S/c1-9-12-6-28(7-15(12)27-29(9)32-17-8-30-17)16-5-14(26)18(31-19(16)20(23,24)25)11-4-10(21)2-3-13(11)22/h2-4,14,16-19H,5-8,26H2,1H3/t14?,16?,17?,18-,19?/m1/s1. The van der Waals surface area contributed by atoms with Crippen LogP contribution in [0.25, 0.3) is 0 Å². The fourth-order valence-electron chi connectivity index (χ4n) is 4.45. The number of rotatable bonds is 4. The highest BCUT2D eigenvalue weighted by molar-refractivity contribution is 7.98. The monoisotopic (exact) mass is 476 g/mol. The summed E-state index contributed by atoms with van der Waals surface area (Å²) in [6, 6.07) is 0.590. The molecule has 1 aromatic carbocycles. The summed E-state index contributed by atoms with van der Waals surface area (Å²) in [6.07, 6.45) is -8.39. The van der Waals surface area contributed by atoms with Crippen LogP contribution in [0, 0.1) is 18.6 Å². The molecule has 0 amide bonds. The van der Waals surface area contributed by atoms with Crippen LogP contribution in [0.2, 0.25) is 0 Å². The van der Waals surface area contributed by atoms with Crippen molar-refractivity contribution in [3.8, 4) is 0 Å². The summed E-state index contributed by atoms with van der Waals surface area (Å²) < 4.78 is 82.2. The van der Waals surface area contributed by atoms with Gasteiger partial charge in [0.1, 0.15) is 23.2 Å². The topological polar surface area (TPSA) is 68.8 Å². The molecule has 3 aliphatic heterocycles. The molecule has 4 unspecified atom stereocenters. The van der Waals surface area contributed by atoms with E-state index in [2.05, 4.69) is 5.10 Å². The summed E-state index contributed by atoms with van der Waals surface area (Å²) in [5, 5.41) is 4.52. The molecule has 2 N–H and O–H groups in total. The number of epoxide rings is 1. The average Bonchev–Trinajstić information content (AvgIpc) is 3.37. The second-order valence-electron chi connectivity index (χ2n) is 8.31. The van der Waals surface area contributed by atoms with E-state index in [1.807, 2.05) is 6.92 Å². The average molecular weight is 476 g/mol. The fourth-order valence-corrected chi connectivity index (χ4v) is 5.29. The van der Waals surface area contributed by atoms with E-state index < -0.39 is 42.1 Å². The number of halogens is 5. The number of hydrogen-bond acceptors (Lipinski definition) is 6. The number of fused-ring (bicyclic) bond motifs is 1. The van der Waals surface area contributed by atoms with Crippen molar-refractivity contribution in [3.63, 3.8) is 0 Å². The minimum atomic E-state index is -4.71. The molecule has 32 heavy (non-hydrogen) atoms. The molecule has 12 heteroatoms. The van der Waals surface area contributed by atoms with Crippen LogP contribution in [0.4, 0.5) is 22.0 Å². The fraction of sp³-hybridized carbons (Fsp3) is 0.550. The molecule has 2 fully saturated rings. The van der Waals surface area contributed by atoms with Crippen molar-refractivity contribution in [2.24, 2.45) is 5.73 Å².